The highest BCUT2D eigenvalue weighted by Gasteiger charge is 2.06. The minimum absolute atomic E-state index is 0.238. The van der Waals surface area contributed by atoms with Crippen molar-refractivity contribution in [1.82, 2.24) is 9.97 Å². The maximum absolute atomic E-state index is 9.73. The number of pyridine rings is 1. The van der Waals surface area contributed by atoms with E-state index < -0.39 is 0 Å². The highest BCUT2D eigenvalue weighted by atomic mass is 16.3. The van der Waals surface area contributed by atoms with Gasteiger partial charge in [-0.2, -0.15) is 0 Å². The van der Waals surface area contributed by atoms with Crippen LogP contribution in [0, 0.1) is 0 Å². The van der Waals surface area contributed by atoms with Crippen LogP contribution in [0.3, 0.4) is 0 Å². The smallest absolute Gasteiger partial charge is 0.127 e. The fourth-order valence-electron chi connectivity index (χ4n) is 1.81. The van der Waals surface area contributed by atoms with Gasteiger partial charge in [0, 0.05) is 23.3 Å². The Hall–Kier alpha value is -2.29. The fraction of sp³-hybridized carbons (Fsp3) is 0. The van der Waals surface area contributed by atoms with Gasteiger partial charge in [-0.05, 0) is 18.2 Å². The lowest BCUT2D eigenvalue weighted by atomic mass is 10.2. The van der Waals surface area contributed by atoms with Gasteiger partial charge in [0.15, 0.2) is 0 Å². The second-order valence-electron chi connectivity index (χ2n) is 3.66. The molecule has 3 aromatic rings. The van der Waals surface area contributed by atoms with E-state index in [1.807, 2.05) is 30.3 Å². The van der Waals surface area contributed by atoms with Crippen molar-refractivity contribution in [2.24, 2.45) is 0 Å². The molecule has 16 heavy (non-hydrogen) atoms. The van der Waals surface area contributed by atoms with Crippen LogP contribution in [0.4, 0.5) is 0 Å². The van der Waals surface area contributed by atoms with E-state index in [9.17, 15) is 5.11 Å². The molecule has 0 saturated carbocycles. The molecule has 0 spiro atoms. The van der Waals surface area contributed by atoms with E-state index in [1.54, 1.807) is 18.5 Å². The number of hydrogen-bond acceptors (Lipinski definition) is 2. The van der Waals surface area contributed by atoms with Crippen LogP contribution in [0.15, 0.2) is 48.8 Å². The Bertz CT molecular complexity index is 610. The summed E-state index contributed by atoms with van der Waals surface area (Å²) < 4.78 is 0. The van der Waals surface area contributed by atoms with Crippen molar-refractivity contribution in [3.05, 3.63) is 48.8 Å². The van der Waals surface area contributed by atoms with E-state index in [-0.39, 0.29) is 5.75 Å². The Balaban J connectivity index is 2.23. The topological polar surface area (TPSA) is 48.9 Å². The molecule has 0 saturated heterocycles. The van der Waals surface area contributed by atoms with Crippen LogP contribution in [-0.2, 0) is 0 Å². The van der Waals surface area contributed by atoms with Crippen LogP contribution in [0.2, 0.25) is 0 Å². The first-order valence-corrected chi connectivity index (χ1v) is 5.06. The zero-order chi connectivity index (χ0) is 11.0. The standard InChI is InChI=1S/C13H10N2O/c16-13-5-6-14-8-10(13)12-7-9-3-1-2-4-11(9)15-12/h1-8,15H,(H,14,16). The molecular formula is C13H10N2O. The zero-order valence-electron chi connectivity index (χ0n) is 8.51. The monoisotopic (exact) mass is 210 g/mol. The number of fused-ring (bicyclic) bond motifs is 1. The van der Waals surface area contributed by atoms with E-state index in [0.717, 1.165) is 22.2 Å². The number of aromatic nitrogens is 2. The quantitative estimate of drug-likeness (QED) is 0.648. The van der Waals surface area contributed by atoms with Crippen molar-refractivity contribution < 1.29 is 5.11 Å². The first kappa shape index (κ1) is 8.97. The summed E-state index contributed by atoms with van der Waals surface area (Å²) in [5.74, 6) is 0.238. The molecule has 0 aliphatic heterocycles. The van der Waals surface area contributed by atoms with Gasteiger partial charge >= 0.3 is 0 Å². The minimum Gasteiger partial charge on any atom is -0.507 e. The van der Waals surface area contributed by atoms with Crippen LogP contribution in [-0.4, -0.2) is 15.1 Å². The molecule has 0 aliphatic rings. The summed E-state index contributed by atoms with van der Waals surface area (Å²) in [4.78, 5) is 7.26. The summed E-state index contributed by atoms with van der Waals surface area (Å²) in [6.45, 7) is 0. The predicted octanol–water partition coefficient (Wildman–Crippen LogP) is 2.94. The van der Waals surface area contributed by atoms with Crippen molar-refractivity contribution in [3.63, 3.8) is 0 Å². The second-order valence-corrected chi connectivity index (χ2v) is 3.66. The first-order valence-electron chi connectivity index (χ1n) is 5.06. The molecule has 0 bridgehead atoms. The molecule has 0 atom stereocenters. The molecule has 1 aromatic carbocycles. The van der Waals surface area contributed by atoms with Gasteiger partial charge in [-0.1, -0.05) is 18.2 Å². The third-order valence-electron chi connectivity index (χ3n) is 2.62. The zero-order valence-corrected chi connectivity index (χ0v) is 8.51. The number of aromatic amines is 1. The van der Waals surface area contributed by atoms with E-state index >= 15 is 0 Å². The number of para-hydroxylation sites is 1. The third kappa shape index (κ3) is 1.34. The van der Waals surface area contributed by atoms with Crippen LogP contribution in [0.25, 0.3) is 22.2 Å². The molecule has 2 heterocycles. The molecular weight excluding hydrogens is 200 g/mol. The average molecular weight is 210 g/mol. The molecule has 2 aromatic heterocycles. The van der Waals surface area contributed by atoms with E-state index in [2.05, 4.69) is 9.97 Å². The second kappa shape index (κ2) is 3.38. The van der Waals surface area contributed by atoms with Gasteiger partial charge in [0.05, 0.1) is 11.3 Å². The fourth-order valence-corrected chi connectivity index (χ4v) is 1.81. The van der Waals surface area contributed by atoms with Gasteiger partial charge < -0.3 is 10.1 Å². The van der Waals surface area contributed by atoms with Gasteiger partial charge in [0.2, 0.25) is 0 Å². The number of benzene rings is 1. The molecule has 3 nitrogen and oxygen atoms in total. The van der Waals surface area contributed by atoms with E-state index in [0.29, 0.717) is 0 Å². The number of aromatic hydroxyl groups is 1. The van der Waals surface area contributed by atoms with Crippen molar-refractivity contribution in [2.45, 2.75) is 0 Å². The summed E-state index contributed by atoms with van der Waals surface area (Å²) >= 11 is 0. The van der Waals surface area contributed by atoms with Crippen molar-refractivity contribution >= 4 is 10.9 Å². The summed E-state index contributed by atoms with van der Waals surface area (Å²) in [5, 5.41) is 10.9. The van der Waals surface area contributed by atoms with Gasteiger partial charge in [0.25, 0.3) is 0 Å². The van der Waals surface area contributed by atoms with Gasteiger partial charge in [0.1, 0.15) is 5.75 Å². The summed E-state index contributed by atoms with van der Waals surface area (Å²) in [6.07, 6.45) is 3.22. The SMILES string of the molecule is Oc1ccncc1-c1cc2ccccc2[nH]1. The number of H-pyrrole nitrogens is 1. The summed E-state index contributed by atoms with van der Waals surface area (Å²) in [7, 11) is 0. The van der Waals surface area contributed by atoms with E-state index in [4.69, 9.17) is 0 Å². The third-order valence-corrected chi connectivity index (χ3v) is 2.62. The number of nitrogens with zero attached hydrogens (tertiary/aromatic N) is 1. The van der Waals surface area contributed by atoms with Crippen LogP contribution < -0.4 is 0 Å². The van der Waals surface area contributed by atoms with Crippen LogP contribution >= 0.6 is 0 Å². The Morgan fingerprint density at radius 1 is 1.12 bits per heavy atom. The Morgan fingerprint density at radius 3 is 2.81 bits per heavy atom. The number of hydrogen-bond donors (Lipinski definition) is 2. The highest BCUT2D eigenvalue weighted by Crippen LogP contribution is 2.29. The van der Waals surface area contributed by atoms with Crippen LogP contribution in [0.1, 0.15) is 0 Å². The predicted molar refractivity (Wildman–Crippen MR) is 63.2 cm³/mol. The number of nitrogens with one attached hydrogen (secondary N) is 1. The largest absolute Gasteiger partial charge is 0.507 e. The first-order chi connectivity index (χ1) is 7.84. The molecule has 0 radical (unpaired) electrons. The van der Waals surface area contributed by atoms with Crippen molar-refractivity contribution in [3.8, 4) is 17.0 Å². The lowest BCUT2D eigenvalue weighted by Gasteiger charge is -1.99. The van der Waals surface area contributed by atoms with Crippen molar-refractivity contribution in [1.29, 1.82) is 0 Å². The molecule has 0 aliphatic carbocycles. The Kier molecular flexibility index (Phi) is 1.90. The molecule has 3 heteroatoms. The lowest BCUT2D eigenvalue weighted by Crippen LogP contribution is -1.80. The average Bonchev–Trinajstić information content (AvgIpc) is 2.73. The maximum atomic E-state index is 9.73. The van der Waals surface area contributed by atoms with Gasteiger partial charge in [-0.15, -0.1) is 0 Å². The maximum Gasteiger partial charge on any atom is 0.127 e. The molecule has 0 fully saturated rings. The van der Waals surface area contributed by atoms with E-state index in [1.165, 1.54) is 0 Å². The molecule has 3 rings (SSSR count). The molecule has 0 unspecified atom stereocenters. The van der Waals surface area contributed by atoms with Gasteiger partial charge in [-0.3, -0.25) is 4.98 Å². The van der Waals surface area contributed by atoms with Crippen LogP contribution in [0.5, 0.6) is 5.75 Å². The normalized spacial score (nSPS) is 10.8. The minimum atomic E-state index is 0.238. The van der Waals surface area contributed by atoms with Gasteiger partial charge in [-0.25, -0.2) is 0 Å². The Morgan fingerprint density at radius 2 is 2.00 bits per heavy atom. The van der Waals surface area contributed by atoms with Crippen molar-refractivity contribution in [2.75, 3.05) is 0 Å². The highest BCUT2D eigenvalue weighted by molar-refractivity contribution is 5.86. The Labute approximate surface area is 92.4 Å². The summed E-state index contributed by atoms with van der Waals surface area (Å²) in [5.41, 5.74) is 2.66. The lowest BCUT2D eigenvalue weighted by molar-refractivity contribution is 0.476. The number of rotatable bonds is 1. The molecule has 2 N–H and O–H groups in total. The molecule has 0 amide bonds. The molecule has 78 valence electrons. The summed E-state index contributed by atoms with van der Waals surface area (Å²) in [6, 6.07) is 11.6.